The first-order valence-electron chi connectivity index (χ1n) is 4.79. The molecule has 0 spiro atoms. The Balaban J connectivity index is 2.57. The predicted octanol–water partition coefficient (Wildman–Crippen LogP) is -2.67. The lowest BCUT2D eigenvalue weighted by molar-refractivity contribution is -0.260. The van der Waals surface area contributed by atoms with Gasteiger partial charge in [0, 0.05) is 0 Å². The lowest BCUT2D eigenvalue weighted by atomic mass is 9.99. The molecule has 1 aliphatic heterocycles. The van der Waals surface area contributed by atoms with Gasteiger partial charge in [-0.1, -0.05) is 0 Å². The normalized spacial score (nSPS) is 41.8. The number of rotatable bonds is 4. The van der Waals surface area contributed by atoms with Gasteiger partial charge in [0.15, 0.2) is 6.23 Å². The fourth-order valence-electron chi connectivity index (χ4n) is 1.36. The smallest absolute Gasteiger partial charge is 0.159 e. The zero-order valence-corrected chi connectivity index (χ0v) is 8.41. The van der Waals surface area contributed by atoms with Gasteiger partial charge in [0.2, 0.25) is 0 Å². The van der Waals surface area contributed by atoms with Crippen LogP contribution in [0.25, 0.3) is 0 Å². The molecule has 0 radical (unpaired) electrons. The van der Waals surface area contributed by atoms with E-state index in [1.807, 2.05) is 0 Å². The minimum Gasteiger partial charge on any atom is -0.394 e. The maximum atomic E-state index is 9.49. The average Bonchev–Trinajstić information content (AvgIpc) is 2.25. The monoisotopic (exact) mass is 223 g/mol. The molecule has 5 atom stereocenters. The van der Waals surface area contributed by atoms with Gasteiger partial charge in [-0.3, -0.25) is 4.84 Å². The van der Waals surface area contributed by atoms with E-state index < -0.39 is 37.3 Å². The predicted molar refractivity (Wildman–Crippen MR) is 48.5 cm³/mol. The Morgan fingerprint density at radius 2 is 1.87 bits per heavy atom. The summed E-state index contributed by atoms with van der Waals surface area (Å²) in [6, 6.07) is 0. The number of nitrogens with one attached hydrogen (secondary N) is 1. The second kappa shape index (κ2) is 5.71. The number of aliphatic hydroxyl groups is 4. The van der Waals surface area contributed by atoms with E-state index in [1.165, 1.54) is 0 Å². The molecule has 15 heavy (non-hydrogen) atoms. The molecule has 5 N–H and O–H groups in total. The second-order valence-electron chi connectivity index (χ2n) is 3.30. The lowest BCUT2D eigenvalue weighted by Crippen LogP contribution is -2.62. The lowest BCUT2D eigenvalue weighted by Gasteiger charge is -2.39. The van der Waals surface area contributed by atoms with Gasteiger partial charge < -0.3 is 25.2 Å². The summed E-state index contributed by atoms with van der Waals surface area (Å²) in [5, 5.41) is 37.2. The molecule has 0 bridgehead atoms. The fraction of sp³-hybridized carbons (Fsp3) is 1.00. The first-order valence-corrected chi connectivity index (χ1v) is 4.79. The summed E-state index contributed by atoms with van der Waals surface area (Å²) in [6.07, 6.45) is -5.92. The minimum absolute atomic E-state index is 0.356. The second-order valence-corrected chi connectivity index (χ2v) is 3.30. The number of ether oxygens (including phenoxy) is 1. The fourth-order valence-corrected chi connectivity index (χ4v) is 1.36. The van der Waals surface area contributed by atoms with Crippen LogP contribution in [0.3, 0.4) is 0 Å². The third kappa shape index (κ3) is 2.85. The van der Waals surface area contributed by atoms with Crippen LogP contribution in [-0.4, -0.2) is 64.3 Å². The van der Waals surface area contributed by atoms with Crippen molar-refractivity contribution in [3.63, 3.8) is 0 Å². The van der Waals surface area contributed by atoms with E-state index in [-0.39, 0.29) is 0 Å². The number of hydrogen-bond donors (Lipinski definition) is 5. The van der Waals surface area contributed by atoms with Crippen LogP contribution in [0, 0.1) is 0 Å². The highest BCUT2D eigenvalue weighted by molar-refractivity contribution is 4.89. The van der Waals surface area contributed by atoms with Gasteiger partial charge in [-0.25, -0.2) is 0 Å². The molecule has 1 aliphatic rings. The van der Waals surface area contributed by atoms with Crippen LogP contribution < -0.4 is 5.48 Å². The molecule has 1 heterocycles. The van der Waals surface area contributed by atoms with Crippen molar-refractivity contribution in [2.45, 2.75) is 37.6 Å². The van der Waals surface area contributed by atoms with E-state index in [9.17, 15) is 15.3 Å². The van der Waals surface area contributed by atoms with Gasteiger partial charge in [-0.05, 0) is 6.92 Å². The molecule has 1 rings (SSSR count). The summed E-state index contributed by atoms with van der Waals surface area (Å²) in [7, 11) is 0. The highest BCUT2D eigenvalue weighted by Crippen LogP contribution is 2.19. The SMILES string of the molecule is CCON[C@@H]1O[C@H](CO)[C@@H](O)[C@H](O)[C@H]1O. The molecule has 90 valence electrons. The van der Waals surface area contributed by atoms with Crippen molar-refractivity contribution < 1.29 is 30.0 Å². The summed E-state index contributed by atoms with van der Waals surface area (Å²) < 4.78 is 5.09. The Bertz CT molecular complexity index is 190. The van der Waals surface area contributed by atoms with Crippen molar-refractivity contribution in [2.75, 3.05) is 13.2 Å². The largest absolute Gasteiger partial charge is 0.394 e. The van der Waals surface area contributed by atoms with Gasteiger partial charge in [0.05, 0.1) is 13.2 Å². The van der Waals surface area contributed by atoms with E-state index in [0.717, 1.165) is 0 Å². The standard InChI is InChI=1S/C8H17NO6/c1-2-14-9-8-7(13)6(12)5(11)4(3-10)15-8/h4-13H,2-3H2,1H3/t4-,5-,6+,7-,8-/m1/s1. The Kier molecular flexibility index (Phi) is 4.87. The van der Waals surface area contributed by atoms with Crippen LogP contribution in [0.5, 0.6) is 0 Å². The first kappa shape index (κ1) is 12.8. The van der Waals surface area contributed by atoms with Crippen LogP contribution in [0.4, 0.5) is 0 Å². The molecule has 1 saturated heterocycles. The summed E-state index contributed by atoms with van der Waals surface area (Å²) >= 11 is 0. The topological polar surface area (TPSA) is 111 Å². The molecule has 0 amide bonds. The highest BCUT2D eigenvalue weighted by Gasteiger charge is 2.43. The molecule has 0 aromatic carbocycles. The van der Waals surface area contributed by atoms with Gasteiger partial charge in [-0.2, -0.15) is 5.48 Å². The summed E-state index contributed by atoms with van der Waals surface area (Å²) in [5.41, 5.74) is 2.38. The van der Waals surface area contributed by atoms with Crippen molar-refractivity contribution in [3.05, 3.63) is 0 Å². The third-order valence-electron chi connectivity index (χ3n) is 2.24. The molecule has 0 aromatic heterocycles. The Hall–Kier alpha value is -0.280. The van der Waals surface area contributed by atoms with Crippen molar-refractivity contribution in [2.24, 2.45) is 0 Å². The van der Waals surface area contributed by atoms with Crippen LogP contribution in [0.15, 0.2) is 0 Å². The van der Waals surface area contributed by atoms with E-state index >= 15 is 0 Å². The van der Waals surface area contributed by atoms with Crippen LogP contribution in [0.2, 0.25) is 0 Å². The van der Waals surface area contributed by atoms with Gasteiger partial charge in [0.25, 0.3) is 0 Å². The Labute approximate surface area is 87.2 Å². The highest BCUT2D eigenvalue weighted by atomic mass is 16.7. The molecule has 7 heteroatoms. The Morgan fingerprint density at radius 1 is 1.20 bits per heavy atom. The molecular weight excluding hydrogens is 206 g/mol. The average molecular weight is 223 g/mol. The van der Waals surface area contributed by atoms with E-state index in [2.05, 4.69) is 5.48 Å². The summed E-state index contributed by atoms with van der Waals surface area (Å²) in [5.74, 6) is 0. The molecule has 0 aromatic rings. The minimum atomic E-state index is -1.38. The van der Waals surface area contributed by atoms with Gasteiger partial charge >= 0.3 is 0 Å². The Morgan fingerprint density at radius 3 is 2.40 bits per heavy atom. The molecule has 0 saturated carbocycles. The molecular formula is C8H17NO6. The van der Waals surface area contributed by atoms with Gasteiger partial charge in [0.1, 0.15) is 24.4 Å². The van der Waals surface area contributed by atoms with Crippen molar-refractivity contribution in [1.82, 2.24) is 5.48 Å². The number of hydroxylamine groups is 1. The maximum Gasteiger partial charge on any atom is 0.159 e. The summed E-state index contributed by atoms with van der Waals surface area (Å²) in [6.45, 7) is 1.64. The van der Waals surface area contributed by atoms with Gasteiger partial charge in [-0.15, -0.1) is 0 Å². The quantitative estimate of drug-likeness (QED) is 0.330. The van der Waals surface area contributed by atoms with Crippen molar-refractivity contribution in [3.8, 4) is 0 Å². The van der Waals surface area contributed by atoms with Crippen LogP contribution in [0.1, 0.15) is 6.92 Å². The van der Waals surface area contributed by atoms with Crippen molar-refractivity contribution >= 4 is 0 Å². The number of aliphatic hydroxyl groups excluding tert-OH is 4. The maximum absolute atomic E-state index is 9.49. The molecule has 0 unspecified atom stereocenters. The third-order valence-corrected chi connectivity index (χ3v) is 2.24. The van der Waals surface area contributed by atoms with Crippen LogP contribution >= 0.6 is 0 Å². The molecule has 7 nitrogen and oxygen atoms in total. The number of hydrogen-bond acceptors (Lipinski definition) is 7. The molecule has 0 aliphatic carbocycles. The zero-order valence-electron chi connectivity index (χ0n) is 8.41. The van der Waals surface area contributed by atoms with Crippen LogP contribution in [-0.2, 0) is 9.57 Å². The van der Waals surface area contributed by atoms with E-state index in [1.54, 1.807) is 6.92 Å². The summed E-state index contributed by atoms with van der Waals surface area (Å²) in [4.78, 5) is 4.81. The van der Waals surface area contributed by atoms with E-state index in [4.69, 9.17) is 14.7 Å². The zero-order chi connectivity index (χ0) is 11.4. The van der Waals surface area contributed by atoms with Crippen molar-refractivity contribution in [1.29, 1.82) is 0 Å². The van der Waals surface area contributed by atoms with E-state index in [0.29, 0.717) is 6.61 Å². The first-order chi connectivity index (χ1) is 7.11. The molecule has 1 fully saturated rings.